The van der Waals surface area contributed by atoms with Crippen LogP contribution in [0.2, 0.25) is 5.02 Å². The van der Waals surface area contributed by atoms with Gasteiger partial charge in [0.2, 0.25) is 5.76 Å². The van der Waals surface area contributed by atoms with Crippen LogP contribution in [0.1, 0.15) is 16.1 Å². The number of hydrazone groups is 1. The molecule has 1 aromatic heterocycles. The van der Waals surface area contributed by atoms with Gasteiger partial charge in [-0.25, -0.2) is 4.79 Å². The van der Waals surface area contributed by atoms with Crippen molar-refractivity contribution >= 4 is 41.9 Å². The van der Waals surface area contributed by atoms with E-state index in [0.717, 1.165) is 11.3 Å². The van der Waals surface area contributed by atoms with Gasteiger partial charge in [-0.15, -0.1) is 12.4 Å². The predicted octanol–water partition coefficient (Wildman–Crippen LogP) is 5.03. The summed E-state index contributed by atoms with van der Waals surface area (Å²) in [5.41, 5.74) is 4.47. The lowest BCUT2D eigenvalue weighted by Crippen LogP contribution is -2.08. The summed E-state index contributed by atoms with van der Waals surface area (Å²) in [5.74, 6) is 0.209. The number of halogens is 2. The van der Waals surface area contributed by atoms with E-state index in [1.165, 1.54) is 19.4 Å². The van der Waals surface area contributed by atoms with Crippen LogP contribution in [0.4, 0.5) is 5.69 Å². The number of nitrogens with zero attached hydrogens (tertiary/aromatic N) is 1. The van der Waals surface area contributed by atoms with Gasteiger partial charge in [-0.05, 0) is 60.2 Å². The summed E-state index contributed by atoms with van der Waals surface area (Å²) in [6.07, 6.45) is 3.02. The van der Waals surface area contributed by atoms with Crippen molar-refractivity contribution in [3.63, 3.8) is 0 Å². The molecule has 8 heteroatoms. The summed E-state index contributed by atoms with van der Waals surface area (Å²) in [7, 11) is 1.49. The van der Waals surface area contributed by atoms with Crippen LogP contribution in [0.5, 0.6) is 11.5 Å². The largest absolute Gasteiger partial charge is 0.493 e. The molecule has 0 aliphatic carbocycles. The number of benzene rings is 2. The molecule has 6 nitrogen and oxygen atoms in total. The Hall–Kier alpha value is -2.96. The van der Waals surface area contributed by atoms with E-state index in [-0.39, 0.29) is 23.9 Å². The van der Waals surface area contributed by atoms with Crippen molar-refractivity contribution in [1.29, 1.82) is 0 Å². The van der Waals surface area contributed by atoms with Crippen molar-refractivity contribution in [2.45, 2.75) is 0 Å². The predicted molar refractivity (Wildman–Crippen MR) is 107 cm³/mol. The van der Waals surface area contributed by atoms with Gasteiger partial charge >= 0.3 is 5.97 Å². The molecule has 0 fully saturated rings. The average molecular weight is 407 g/mol. The Balaban J connectivity index is 0.00000261. The van der Waals surface area contributed by atoms with Gasteiger partial charge in [-0.2, -0.15) is 5.10 Å². The number of methoxy groups -OCH3 is 1. The molecule has 140 valence electrons. The van der Waals surface area contributed by atoms with E-state index in [1.54, 1.807) is 42.6 Å². The van der Waals surface area contributed by atoms with Crippen molar-refractivity contribution in [2.24, 2.45) is 5.10 Å². The smallest absolute Gasteiger partial charge is 0.379 e. The number of esters is 1. The maximum atomic E-state index is 12.0. The van der Waals surface area contributed by atoms with Gasteiger partial charge in [0.05, 0.1) is 25.3 Å². The van der Waals surface area contributed by atoms with E-state index < -0.39 is 5.97 Å². The molecule has 1 N–H and O–H groups in total. The quantitative estimate of drug-likeness (QED) is 0.269. The minimum absolute atomic E-state index is 0. The summed E-state index contributed by atoms with van der Waals surface area (Å²) in [6.45, 7) is 0. The number of carbonyl (C=O) groups excluding carboxylic acids is 1. The first-order valence-corrected chi connectivity index (χ1v) is 8.02. The molecule has 2 aromatic carbocycles. The van der Waals surface area contributed by atoms with Crippen LogP contribution in [0.3, 0.4) is 0 Å². The van der Waals surface area contributed by atoms with E-state index in [4.69, 9.17) is 25.5 Å². The van der Waals surface area contributed by atoms with Crippen LogP contribution >= 0.6 is 24.0 Å². The molecule has 0 saturated carbocycles. The molecule has 3 rings (SSSR count). The van der Waals surface area contributed by atoms with Gasteiger partial charge < -0.3 is 13.9 Å². The van der Waals surface area contributed by atoms with Crippen molar-refractivity contribution in [3.05, 3.63) is 77.2 Å². The van der Waals surface area contributed by atoms with E-state index >= 15 is 0 Å². The molecule has 0 amide bonds. The van der Waals surface area contributed by atoms with Gasteiger partial charge in [0.1, 0.15) is 0 Å². The summed E-state index contributed by atoms with van der Waals surface area (Å²) in [5, 5.41) is 4.81. The standard InChI is InChI=1S/C19H15ClN2O4.ClH/c1-24-18-11-13(12-21-22-15-7-5-14(20)6-8-15)4-9-16(18)26-19(23)17-3-2-10-25-17;/h2-12,22H,1H3;1H/b21-12+;. The van der Waals surface area contributed by atoms with Crippen LogP contribution in [0.15, 0.2) is 70.4 Å². The number of hydrogen-bond acceptors (Lipinski definition) is 6. The van der Waals surface area contributed by atoms with E-state index in [0.29, 0.717) is 10.8 Å². The molecule has 0 aliphatic heterocycles. The van der Waals surface area contributed by atoms with Gasteiger partial charge in [0.15, 0.2) is 11.5 Å². The zero-order valence-electron chi connectivity index (χ0n) is 14.2. The van der Waals surface area contributed by atoms with E-state index in [2.05, 4.69) is 10.5 Å². The lowest BCUT2D eigenvalue weighted by molar-refractivity contribution is 0.0696. The lowest BCUT2D eigenvalue weighted by Gasteiger charge is -2.09. The minimum atomic E-state index is -0.598. The van der Waals surface area contributed by atoms with Crippen molar-refractivity contribution in [2.75, 3.05) is 12.5 Å². The zero-order chi connectivity index (χ0) is 18.4. The fraction of sp³-hybridized carbons (Fsp3) is 0.0526. The van der Waals surface area contributed by atoms with Crippen LogP contribution < -0.4 is 14.9 Å². The minimum Gasteiger partial charge on any atom is -0.493 e. The maximum Gasteiger partial charge on any atom is 0.379 e. The third kappa shape index (κ3) is 5.51. The molecule has 1 heterocycles. The maximum absolute atomic E-state index is 12.0. The van der Waals surface area contributed by atoms with Crippen molar-refractivity contribution in [3.8, 4) is 11.5 Å². The number of hydrogen-bond donors (Lipinski definition) is 1. The van der Waals surface area contributed by atoms with Gasteiger partial charge in [0.25, 0.3) is 0 Å². The molecule has 0 spiro atoms. The third-order valence-corrected chi connectivity index (χ3v) is 3.62. The molecule has 0 saturated heterocycles. The molecule has 3 aromatic rings. The fourth-order valence-corrected chi connectivity index (χ4v) is 2.23. The first kappa shape index (κ1) is 20.4. The Morgan fingerprint density at radius 3 is 2.59 bits per heavy atom. The van der Waals surface area contributed by atoms with E-state index in [1.807, 2.05) is 12.1 Å². The first-order chi connectivity index (χ1) is 12.7. The Morgan fingerprint density at radius 2 is 1.93 bits per heavy atom. The van der Waals surface area contributed by atoms with Gasteiger partial charge in [-0.1, -0.05) is 11.6 Å². The normalized spacial score (nSPS) is 10.3. The van der Waals surface area contributed by atoms with Crippen LogP contribution in [0.25, 0.3) is 0 Å². The topological polar surface area (TPSA) is 73.1 Å². The Labute approximate surface area is 167 Å². The Kier molecular flexibility index (Phi) is 7.28. The molecule has 0 bridgehead atoms. The second-order valence-electron chi connectivity index (χ2n) is 5.15. The second kappa shape index (κ2) is 9.66. The molecule has 0 aliphatic rings. The van der Waals surface area contributed by atoms with Crippen molar-refractivity contribution in [1.82, 2.24) is 0 Å². The molecular formula is C19H16Cl2N2O4. The molecular weight excluding hydrogens is 391 g/mol. The van der Waals surface area contributed by atoms with Crippen molar-refractivity contribution < 1.29 is 18.7 Å². The fourth-order valence-electron chi connectivity index (χ4n) is 2.10. The highest BCUT2D eigenvalue weighted by Gasteiger charge is 2.14. The van der Waals surface area contributed by atoms with E-state index in [9.17, 15) is 4.79 Å². The highest BCUT2D eigenvalue weighted by atomic mass is 35.5. The lowest BCUT2D eigenvalue weighted by atomic mass is 10.2. The first-order valence-electron chi connectivity index (χ1n) is 7.64. The number of carbonyl (C=O) groups is 1. The number of rotatable bonds is 6. The average Bonchev–Trinajstić information content (AvgIpc) is 3.19. The SMILES string of the molecule is COc1cc(/C=N/Nc2ccc(Cl)cc2)ccc1OC(=O)c1ccco1.Cl. The zero-order valence-corrected chi connectivity index (χ0v) is 15.8. The molecule has 0 atom stereocenters. The number of furan rings is 1. The molecule has 0 unspecified atom stereocenters. The monoisotopic (exact) mass is 406 g/mol. The summed E-state index contributed by atoms with van der Waals surface area (Å²) < 4.78 is 15.6. The second-order valence-corrected chi connectivity index (χ2v) is 5.59. The number of anilines is 1. The van der Waals surface area contributed by atoms with Crippen LogP contribution in [-0.4, -0.2) is 19.3 Å². The molecule has 0 radical (unpaired) electrons. The highest BCUT2D eigenvalue weighted by molar-refractivity contribution is 6.30. The third-order valence-electron chi connectivity index (χ3n) is 3.36. The number of ether oxygens (including phenoxy) is 2. The van der Waals surface area contributed by atoms with Crippen LogP contribution in [-0.2, 0) is 0 Å². The summed E-state index contributed by atoms with van der Waals surface area (Å²) >= 11 is 5.84. The highest BCUT2D eigenvalue weighted by Crippen LogP contribution is 2.28. The summed E-state index contributed by atoms with van der Waals surface area (Å²) in [6, 6.07) is 15.4. The molecule has 27 heavy (non-hydrogen) atoms. The van der Waals surface area contributed by atoms with Gasteiger partial charge in [-0.3, -0.25) is 5.43 Å². The summed E-state index contributed by atoms with van der Waals surface area (Å²) in [4.78, 5) is 12.0. The van der Waals surface area contributed by atoms with Gasteiger partial charge in [0, 0.05) is 5.02 Å². The van der Waals surface area contributed by atoms with Crippen LogP contribution in [0, 0.1) is 0 Å². The Bertz CT molecular complexity index is 910. The Morgan fingerprint density at radius 1 is 1.15 bits per heavy atom. The number of nitrogens with one attached hydrogen (secondary N) is 1.